The molecular formula is C30H24N8O. The van der Waals surface area contributed by atoms with Crippen molar-refractivity contribution in [3.05, 3.63) is 108 Å². The van der Waals surface area contributed by atoms with Crippen LogP contribution >= 0.6 is 0 Å². The van der Waals surface area contributed by atoms with E-state index >= 15 is 0 Å². The topological polar surface area (TPSA) is 116 Å². The first kappa shape index (κ1) is 23.9. The molecule has 190 valence electrons. The Labute approximate surface area is 224 Å². The number of nitrogens with one attached hydrogen (secondary N) is 1. The number of carbonyl (C=O) groups is 1. The Hall–Kier alpha value is -5.49. The van der Waals surface area contributed by atoms with Gasteiger partial charge in [-0.05, 0) is 19.1 Å². The van der Waals surface area contributed by atoms with Crippen LogP contribution < -0.4 is 11.1 Å². The standard InChI is InChI=1S/C30H24N8O/c1-19(35-30(39)25-28(31)33-18-38-14-13-32-29(25)38)24-15-23-10-6-9-22(12-11-20-16-34-37(2)17-20)26(23)36-27(24)21-7-4-3-5-8-21/h3-10,13-19H,31H2,1-2H3,(H,35,39)/t19-/m0/s1. The summed E-state index contributed by atoms with van der Waals surface area (Å²) in [5.74, 6) is 6.19. The normalized spacial score (nSPS) is 11.7. The van der Waals surface area contributed by atoms with Gasteiger partial charge in [0, 0.05) is 42.2 Å². The minimum atomic E-state index is -0.399. The number of pyridine rings is 1. The molecule has 1 atom stereocenters. The first-order valence-corrected chi connectivity index (χ1v) is 12.4. The van der Waals surface area contributed by atoms with Gasteiger partial charge in [-0.25, -0.2) is 15.0 Å². The average molecular weight is 513 g/mol. The third-order valence-electron chi connectivity index (χ3n) is 6.48. The molecular weight excluding hydrogens is 488 g/mol. The van der Waals surface area contributed by atoms with Gasteiger partial charge in [-0.2, -0.15) is 5.10 Å². The lowest BCUT2D eigenvalue weighted by Crippen LogP contribution is -2.29. The minimum Gasteiger partial charge on any atom is -0.383 e. The van der Waals surface area contributed by atoms with Gasteiger partial charge >= 0.3 is 0 Å². The highest BCUT2D eigenvalue weighted by molar-refractivity contribution is 6.04. The number of aromatic nitrogens is 6. The lowest BCUT2D eigenvalue weighted by atomic mass is 9.97. The number of nitrogens with zero attached hydrogens (tertiary/aromatic N) is 6. The number of rotatable bonds is 4. The second kappa shape index (κ2) is 9.76. The van der Waals surface area contributed by atoms with Gasteiger partial charge in [0.1, 0.15) is 17.7 Å². The van der Waals surface area contributed by atoms with Gasteiger partial charge in [0.25, 0.3) is 5.91 Å². The summed E-state index contributed by atoms with van der Waals surface area (Å²) in [6.07, 6.45) is 8.46. The van der Waals surface area contributed by atoms with Gasteiger partial charge in [0.15, 0.2) is 5.65 Å². The monoisotopic (exact) mass is 512 g/mol. The molecule has 0 aliphatic carbocycles. The van der Waals surface area contributed by atoms with E-state index in [0.717, 1.165) is 38.9 Å². The van der Waals surface area contributed by atoms with Crippen LogP contribution in [0.1, 0.15) is 40.0 Å². The molecule has 0 radical (unpaired) electrons. The molecule has 4 aromatic heterocycles. The number of para-hydroxylation sites is 1. The number of benzene rings is 2. The summed E-state index contributed by atoms with van der Waals surface area (Å²) < 4.78 is 3.38. The Morgan fingerprint density at radius 1 is 1.08 bits per heavy atom. The van der Waals surface area contributed by atoms with Crippen LogP contribution in [0.5, 0.6) is 0 Å². The van der Waals surface area contributed by atoms with Crippen LogP contribution in [0, 0.1) is 11.8 Å². The lowest BCUT2D eigenvalue weighted by Gasteiger charge is -2.19. The molecule has 4 heterocycles. The molecule has 3 N–H and O–H groups in total. The van der Waals surface area contributed by atoms with Crippen LogP contribution in [0.4, 0.5) is 5.82 Å². The molecule has 6 rings (SSSR count). The van der Waals surface area contributed by atoms with Gasteiger partial charge in [0.2, 0.25) is 0 Å². The molecule has 0 saturated heterocycles. The first-order valence-electron chi connectivity index (χ1n) is 12.4. The molecule has 1 amide bonds. The zero-order valence-electron chi connectivity index (χ0n) is 21.3. The zero-order valence-corrected chi connectivity index (χ0v) is 21.3. The molecule has 0 fully saturated rings. The molecule has 39 heavy (non-hydrogen) atoms. The second-order valence-electron chi connectivity index (χ2n) is 9.18. The van der Waals surface area contributed by atoms with E-state index in [1.165, 1.54) is 6.33 Å². The van der Waals surface area contributed by atoms with Crippen molar-refractivity contribution in [2.75, 3.05) is 5.73 Å². The Kier molecular flexibility index (Phi) is 5.98. The number of amides is 1. The van der Waals surface area contributed by atoms with Crippen LogP contribution in [-0.4, -0.2) is 35.0 Å². The number of nitrogens with two attached hydrogens (primary N) is 1. The van der Waals surface area contributed by atoms with Crippen LogP contribution in [0.3, 0.4) is 0 Å². The number of anilines is 1. The number of carbonyl (C=O) groups excluding carboxylic acids is 1. The Balaban J connectivity index is 1.44. The van der Waals surface area contributed by atoms with E-state index in [4.69, 9.17) is 10.7 Å². The fraction of sp³-hybridized carbons (Fsp3) is 0.100. The molecule has 0 unspecified atom stereocenters. The molecule has 0 aliphatic heterocycles. The highest BCUT2D eigenvalue weighted by Crippen LogP contribution is 2.31. The van der Waals surface area contributed by atoms with E-state index in [0.29, 0.717) is 5.65 Å². The number of fused-ring (bicyclic) bond motifs is 2. The molecule has 0 saturated carbocycles. The highest BCUT2D eigenvalue weighted by Gasteiger charge is 2.22. The molecule has 9 heteroatoms. The third kappa shape index (κ3) is 4.55. The number of nitrogen functional groups attached to an aromatic ring is 1. The number of hydrogen-bond donors (Lipinski definition) is 2. The summed E-state index contributed by atoms with van der Waals surface area (Å²) in [4.78, 5) is 26.9. The molecule has 0 aliphatic rings. The Morgan fingerprint density at radius 2 is 1.92 bits per heavy atom. The van der Waals surface area contributed by atoms with Gasteiger partial charge < -0.3 is 11.1 Å². The Morgan fingerprint density at radius 3 is 2.72 bits per heavy atom. The molecule has 0 bridgehead atoms. The largest absolute Gasteiger partial charge is 0.383 e. The summed E-state index contributed by atoms with van der Waals surface area (Å²) in [6.45, 7) is 1.93. The van der Waals surface area contributed by atoms with Crippen molar-refractivity contribution < 1.29 is 4.79 Å². The van der Waals surface area contributed by atoms with Crippen molar-refractivity contribution in [2.45, 2.75) is 13.0 Å². The van der Waals surface area contributed by atoms with Crippen LogP contribution in [0.15, 0.2) is 85.7 Å². The van der Waals surface area contributed by atoms with Gasteiger partial charge in [-0.3, -0.25) is 13.9 Å². The molecule has 0 spiro atoms. The summed E-state index contributed by atoms with van der Waals surface area (Å²) in [5, 5.41) is 8.19. The van der Waals surface area contributed by atoms with Crippen LogP contribution in [0.25, 0.3) is 27.8 Å². The zero-order chi connectivity index (χ0) is 26.9. The van der Waals surface area contributed by atoms with Crippen LogP contribution in [0.2, 0.25) is 0 Å². The van der Waals surface area contributed by atoms with E-state index in [1.807, 2.05) is 68.7 Å². The van der Waals surface area contributed by atoms with E-state index < -0.39 is 6.04 Å². The maximum Gasteiger partial charge on any atom is 0.259 e. The Bertz CT molecular complexity index is 1910. The summed E-state index contributed by atoms with van der Waals surface area (Å²) in [7, 11) is 1.86. The van der Waals surface area contributed by atoms with E-state index in [-0.39, 0.29) is 17.3 Å². The predicted octanol–water partition coefficient (Wildman–Crippen LogP) is 4.15. The first-order chi connectivity index (χ1) is 19.0. The smallest absolute Gasteiger partial charge is 0.259 e. The van der Waals surface area contributed by atoms with Crippen molar-refractivity contribution in [1.29, 1.82) is 0 Å². The van der Waals surface area contributed by atoms with Crippen molar-refractivity contribution >= 4 is 28.3 Å². The minimum absolute atomic E-state index is 0.121. The van der Waals surface area contributed by atoms with Gasteiger partial charge in [-0.1, -0.05) is 54.3 Å². The second-order valence-corrected chi connectivity index (χ2v) is 9.18. The fourth-order valence-corrected chi connectivity index (χ4v) is 4.57. The summed E-state index contributed by atoms with van der Waals surface area (Å²) >= 11 is 0. The lowest BCUT2D eigenvalue weighted by molar-refractivity contribution is 0.0941. The predicted molar refractivity (Wildman–Crippen MR) is 150 cm³/mol. The highest BCUT2D eigenvalue weighted by atomic mass is 16.1. The van der Waals surface area contributed by atoms with E-state index in [2.05, 4.69) is 38.3 Å². The van der Waals surface area contributed by atoms with Crippen molar-refractivity contribution in [1.82, 2.24) is 34.4 Å². The maximum atomic E-state index is 13.4. The van der Waals surface area contributed by atoms with E-state index in [9.17, 15) is 4.79 Å². The molecule has 6 aromatic rings. The maximum absolute atomic E-state index is 13.4. The average Bonchev–Trinajstić information content (AvgIpc) is 3.60. The van der Waals surface area contributed by atoms with Gasteiger partial charge in [-0.15, -0.1) is 0 Å². The van der Waals surface area contributed by atoms with Crippen molar-refractivity contribution in [3.63, 3.8) is 0 Å². The van der Waals surface area contributed by atoms with Crippen molar-refractivity contribution in [2.24, 2.45) is 7.05 Å². The number of hydrogen-bond acceptors (Lipinski definition) is 6. The third-order valence-corrected chi connectivity index (χ3v) is 6.48. The van der Waals surface area contributed by atoms with Gasteiger partial charge in [0.05, 0.1) is 34.6 Å². The molecule has 9 nitrogen and oxygen atoms in total. The quantitative estimate of drug-likeness (QED) is 0.343. The fourth-order valence-electron chi connectivity index (χ4n) is 4.57. The van der Waals surface area contributed by atoms with Crippen molar-refractivity contribution in [3.8, 4) is 23.1 Å². The number of aryl methyl sites for hydroxylation is 1. The summed E-state index contributed by atoms with van der Waals surface area (Å²) in [6, 6.07) is 17.5. The SMILES string of the molecule is C[C@H](NC(=O)c1c(N)ncn2ccnc12)c1cc2cccc(C#Cc3cnn(C)c3)c2nc1-c1ccccc1. The summed E-state index contributed by atoms with van der Waals surface area (Å²) in [5.41, 5.74) is 11.7. The molecule has 2 aromatic carbocycles. The number of imidazole rings is 1. The van der Waals surface area contributed by atoms with Crippen LogP contribution in [-0.2, 0) is 7.05 Å². The van der Waals surface area contributed by atoms with E-state index in [1.54, 1.807) is 27.7 Å².